The molecule has 0 radical (unpaired) electrons. The summed E-state index contributed by atoms with van der Waals surface area (Å²) in [5.74, 6) is 1.69. The molecule has 2 aliphatic rings. The van der Waals surface area contributed by atoms with Crippen LogP contribution < -0.4 is 5.32 Å². The van der Waals surface area contributed by atoms with Gasteiger partial charge in [-0.05, 0) is 65.6 Å². The van der Waals surface area contributed by atoms with Gasteiger partial charge in [-0.1, -0.05) is 0 Å². The van der Waals surface area contributed by atoms with Gasteiger partial charge in [0.05, 0.1) is 17.2 Å². The molecule has 2 fully saturated rings. The lowest BCUT2D eigenvalue weighted by Gasteiger charge is -2.41. The van der Waals surface area contributed by atoms with E-state index in [1.54, 1.807) is 0 Å². The maximum Gasteiger partial charge on any atom is 0.241 e. The Hall–Kier alpha value is -3.04. The van der Waals surface area contributed by atoms with Crippen molar-refractivity contribution in [3.05, 3.63) is 36.5 Å². The Labute approximate surface area is 212 Å². The number of fused-ring (bicyclic) bond motifs is 2. The van der Waals surface area contributed by atoms with Gasteiger partial charge in [-0.15, -0.1) is 5.10 Å². The van der Waals surface area contributed by atoms with Gasteiger partial charge < -0.3 is 14.8 Å². The monoisotopic (exact) mass is 487 g/mol. The van der Waals surface area contributed by atoms with Crippen molar-refractivity contribution >= 4 is 22.6 Å². The lowest BCUT2D eigenvalue weighted by atomic mass is 9.90. The highest BCUT2D eigenvalue weighted by Gasteiger charge is 2.28. The van der Waals surface area contributed by atoms with Crippen LogP contribution in [0.2, 0.25) is 0 Å². The Kier molecular flexibility index (Phi) is 6.13. The average Bonchev–Trinajstić information content (AvgIpc) is 3.44. The van der Waals surface area contributed by atoms with Crippen LogP contribution in [0.4, 0.5) is 5.95 Å². The summed E-state index contributed by atoms with van der Waals surface area (Å²) in [5.41, 5.74) is 4.97. The molecular weight excluding hydrogens is 450 g/mol. The molecule has 4 aromatic heterocycles. The summed E-state index contributed by atoms with van der Waals surface area (Å²) in [7, 11) is 2.22. The van der Waals surface area contributed by atoms with Gasteiger partial charge in [-0.2, -0.15) is 0 Å². The van der Waals surface area contributed by atoms with Crippen molar-refractivity contribution in [2.45, 2.75) is 64.6 Å². The molecule has 1 aliphatic heterocycles. The second-order valence-electron chi connectivity index (χ2n) is 10.8. The van der Waals surface area contributed by atoms with Crippen LogP contribution in [0, 0.1) is 6.92 Å². The Morgan fingerprint density at radius 3 is 2.50 bits per heavy atom. The van der Waals surface area contributed by atoms with Crippen molar-refractivity contribution in [1.29, 1.82) is 0 Å². The molecular formula is C27H37N9. The molecule has 0 amide bonds. The molecule has 0 spiro atoms. The molecule has 0 atom stereocenters. The van der Waals surface area contributed by atoms with Gasteiger partial charge >= 0.3 is 0 Å². The van der Waals surface area contributed by atoms with Gasteiger partial charge in [0, 0.05) is 67.8 Å². The van der Waals surface area contributed by atoms with Gasteiger partial charge in [0.2, 0.25) is 5.95 Å². The highest BCUT2D eigenvalue weighted by atomic mass is 15.3. The number of anilines is 1. The topological polar surface area (TPSA) is 79.4 Å². The minimum absolute atomic E-state index is 0.325. The number of nitrogens with one attached hydrogen (secondary N) is 1. The minimum atomic E-state index is 0.325. The quantitative estimate of drug-likeness (QED) is 0.456. The highest BCUT2D eigenvalue weighted by molar-refractivity contribution is 5.85. The van der Waals surface area contributed by atoms with E-state index in [-0.39, 0.29) is 0 Å². The lowest BCUT2D eigenvalue weighted by molar-refractivity contribution is 0.0893. The van der Waals surface area contributed by atoms with Gasteiger partial charge in [0.25, 0.3) is 0 Å². The summed E-state index contributed by atoms with van der Waals surface area (Å²) < 4.78 is 4.16. The fraction of sp³-hybridized carbons (Fsp3) is 0.556. The predicted octanol–water partition coefficient (Wildman–Crippen LogP) is 4.00. The molecule has 0 aromatic carbocycles. The molecule has 0 unspecified atom stereocenters. The van der Waals surface area contributed by atoms with Crippen molar-refractivity contribution in [2.75, 3.05) is 38.5 Å². The van der Waals surface area contributed by atoms with E-state index in [4.69, 9.17) is 10.1 Å². The van der Waals surface area contributed by atoms with E-state index >= 15 is 0 Å². The maximum atomic E-state index is 4.79. The molecule has 5 heterocycles. The number of hydrogen-bond donors (Lipinski definition) is 1. The number of imidazole rings is 1. The Bertz CT molecular complexity index is 1350. The lowest BCUT2D eigenvalue weighted by Crippen LogP contribution is -2.50. The highest BCUT2D eigenvalue weighted by Crippen LogP contribution is 2.30. The van der Waals surface area contributed by atoms with Crippen LogP contribution in [0.1, 0.15) is 51.4 Å². The fourth-order valence-corrected chi connectivity index (χ4v) is 6.06. The molecule has 9 heteroatoms. The third kappa shape index (κ3) is 4.35. The first-order valence-electron chi connectivity index (χ1n) is 13.3. The molecule has 1 aliphatic carbocycles. The molecule has 6 rings (SSSR count). The Morgan fingerprint density at radius 1 is 0.972 bits per heavy atom. The number of likely N-dealkylation sites (N-methyl/N-ethyl adjacent to an activating group) is 1. The van der Waals surface area contributed by atoms with Crippen LogP contribution in [-0.2, 0) is 0 Å². The van der Waals surface area contributed by atoms with Crippen LogP contribution in [0.25, 0.3) is 27.8 Å². The van der Waals surface area contributed by atoms with Crippen molar-refractivity contribution in [1.82, 2.24) is 38.9 Å². The van der Waals surface area contributed by atoms with Crippen LogP contribution >= 0.6 is 0 Å². The number of aromatic nitrogens is 6. The molecule has 190 valence electrons. The predicted molar refractivity (Wildman–Crippen MR) is 143 cm³/mol. The third-order valence-electron chi connectivity index (χ3n) is 8.05. The number of pyridine rings is 1. The summed E-state index contributed by atoms with van der Waals surface area (Å²) >= 11 is 0. The van der Waals surface area contributed by atoms with E-state index in [9.17, 15) is 0 Å². The van der Waals surface area contributed by atoms with Crippen molar-refractivity contribution in [3.8, 4) is 11.1 Å². The van der Waals surface area contributed by atoms with Crippen LogP contribution in [0.15, 0.2) is 30.7 Å². The van der Waals surface area contributed by atoms with E-state index in [0.717, 1.165) is 39.7 Å². The zero-order chi connectivity index (χ0) is 24.8. The van der Waals surface area contributed by atoms with Crippen LogP contribution in [-0.4, -0.2) is 84.2 Å². The van der Waals surface area contributed by atoms with Crippen LogP contribution in [0.5, 0.6) is 0 Å². The largest absolute Gasteiger partial charge is 0.350 e. The zero-order valence-corrected chi connectivity index (χ0v) is 21.9. The Balaban J connectivity index is 1.16. The summed E-state index contributed by atoms with van der Waals surface area (Å²) in [6.07, 6.45) is 10.7. The summed E-state index contributed by atoms with van der Waals surface area (Å²) in [6, 6.07) is 5.77. The van der Waals surface area contributed by atoms with Gasteiger partial charge in [0.15, 0.2) is 5.65 Å². The minimum Gasteiger partial charge on any atom is -0.350 e. The molecule has 4 aromatic rings. The second kappa shape index (κ2) is 9.44. The standard InChI is InChI=1S/C27H37N9/c1-18(2)36-19(3)30-26-24(36)15-20(16-28-26)23-9-10-35-25(23)17-29-27(32-35)31-21-5-7-22(8-6-21)34-13-11-33(4)12-14-34/h9-10,15-18,21-22H,5-8,11-14H2,1-4H3,(H,31,32). The van der Waals surface area contributed by atoms with E-state index < -0.39 is 0 Å². The maximum absolute atomic E-state index is 4.79. The number of rotatable bonds is 5. The SMILES string of the molecule is Cc1nc2ncc(-c3ccn4nc(NC5CCC(N6CCN(C)CC6)CC5)ncc34)cc2n1C(C)C. The number of aryl methyl sites for hydroxylation is 1. The van der Waals surface area contributed by atoms with Crippen molar-refractivity contribution in [3.63, 3.8) is 0 Å². The Morgan fingerprint density at radius 2 is 1.75 bits per heavy atom. The van der Waals surface area contributed by atoms with E-state index in [2.05, 4.69) is 62.7 Å². The zero-order valence-electron chi connectivity index (χ0n) is 21.9. The van der Waals surface area contributed by atoms with Gasteiger partial charge in [0.1, 0.15) is 5.82 Å². The molecule has 1 saturated heterocycles. The summed E-state index contributed by atoms with van der Waals surface area (Å²) in [5, 5.41) is 8.39. The van der Waals surface area contributed by atoms with E-state index in [0.29, 0.717) is 18.0 Å². The average molecular weight is 488 g/mol. The number of hydrogen-bond acceptors (Lipinski definition) is 7. The van der Waals surface area contributed by atoms with E-state index in [1.165, 1.54) is 51.9 Å². The van der Waals surface area contributed by atoms with Gasteiger partial charge in [-0.3, -0.25) is 4.90 Å². The molecule has 0 bridgehead atoms. The number of nitrogens with zero attached hydrogens (tertiary/aromatic N) is 8. The molecule has 1 N–H and O–H groups in total. The van der Waals surface area contributed by atoms with Crippen molar-refractivity contribution < 1.29 is 0 Å². The van der Waals surface area contributed by atoms with E-state index in [1.807, 2.05) is 30.0 Å². The van der Waals surface area contributed by atoms with Crippen LogP contribution in [0.3, 0.4) is 0 Å². The molecule has 36 heavy (non-hydrogen) atoms. The first-order valence-corrected chi connectivity index (χ1v) is 13.3. The summed E-state index contributed by atoms with van der Waals surface area (Å²) in [6.45, 7) is 11.2. The smallest absolute Gasteiger partial charge is 0.241 e. The first-order chi connectivity index (χ1) is 17.5. The number of piperazine rings is 1. The fourth-order valence-electron chi connectivity index (χ4n) is 6.06. The summed E-state index contributed by atoms with van der Waals surface area (Å²) in [4.78, 5) is 19.1. The third-order valence-corrected chi connectivity index (χ3v) is 8.05. The molecule has 9 nitrogen and oxygen atoms in total. The molecule has 1 saturated carbocycles. The first kappa shape index (κ1) is 23.4. The second-order valence-corrected chi connectivity index (χ2v) is 10.8. The normalized spacial score (nSPS) is 22.1. The van der Waals surface area contributed by atoms with Gasteiger partial charge in [-0.25, -0.2) is 19.5 Å². The van der Waals surface area contributed by atoms with Crippen molar-refractivity contribution in [2.24, 2.45) is 0 Å².